The number of sulfone groups is 1. The van der Waals surface area contributed by atoms with Crippen molar-refractivity contribution in [1.82, 2.24) is 5.32 Å². The maximum atomic E-state index is 11.9. The van der Waals surface area contributed by atoms with E-state index in [9.17, 15) is 18.0 Å². The Morgan fingerprint density at radius 3 is 2.55 bits per heavy atom. The fraction of sp³-hybridized carbons (Fsp3) is 0.385. The molecule has 0 unspecified atom stereocenters. The lowest BCUT2D eigenvalue weighted by Gasteiger charge is -2.08. The van der Waals surface area contributed by atoms with Gasteiger partial charge in [0.05, 0.1) is 10.5 Å². The van der Waals surface area contributed by atoms with Crippen molar-refractivity contribution in [1.29, 1.82) is 0 Å². The number of rotatable bonds is 5. The molecule has 1 N–H and O–H groups in total. The van der Waals surface area contributed by atoms with Gasteiger partial charge in [-0.25, -0.2) is 13.2 Å². The number of hydrogen-bond donors (Lipinski definition) is 1. The van der Waals surface area contributed by atoms with Gasteiger partial charge in [0.1, 0.15) is 0 Å². The van der Waals surface area contributed by atoms with E-state index >= 15 is 0 Å². The largest absolute Gasteiger partial charge is 0.452 e. The van der Waals surface area contributed by atoms with Crippen LogP contribution in [-0.2, 0) is 19.4 Å². The third kappa shape index (κ3) is 3.80. The van der Waals surface area contributed by atoms with E-state index in [1.54, 1.807) is 0 Å². The van der Waals surface area contributed by atoms with Gasteiger partial charge in [-0.15, -0.1) is 0 Å². The minimum atomic E-state index is -3.53. The minimum absolute atomic E-state index is 0.0609. The second-order valence-electron chi connectivity index (χ2n) is 4.69. The van der Waals surface area contributed by atoms with Crippen LogP contribution in [0, 0.1) is 0 Å². The number of hydrogen-bond acceptors (Lipinski definition) is 5. The summed E-state index contributed by atoms with van der Waals surface area (Å²) in [6, 6.07) is 5.93. The van der Waals surface area contributed by atoms with Crippen LogP contribution in [0.15, 0.2) is 29.2 Å². The summed E-state index contributed by atoms with van der Waals surface area (Å²) < 4.78 is 28.0. The number of benzene rings is 1. The first kappa shape index (κ1) is 14.5. The van der Waals surface area contributed by atoms with Gasteiger partial charge in [-0.05, 0) is 25.0 Å². The Kier molecular flexibility index (Phi) is 4.08. The molecule has 1 aromatic carbocycles. The molecule has 0 spiro atoms. The predicted octanol–water partition coefficient (Wildman–Crippen LogP) is 0.526. The topological polar surface area (TPSA) is 89.5 Å². The molecule has 0 aliphatic heterocycles. The van der Waals surface area contributed by atoms with Crippen molar-refractivity contribution < 1.29 is 22.7 Å². The monoisotopic (exact) mass is 297 g/mol. The van der Waals surface area contributed by atoms with Crippen LogP contribution in [0.3, 0.4) is 0 Å². The van der Waals surface area contributed by atoms with Crippen LogP contribution in [0.1, 0.15) is 23.2 Å². The molecule has 0 aromatic heterocycles. The second-order valence-corrected chi connectivity index (χ2v) is 6.67. The first-order valence-electron chi connectivity index (χ1n) is 6.13. The number of nitrogens with one attached hydrogen (secondary N) is 1. The molecule has 0 atom stereocenters. The molecule has 2 rings (SSSR count). The average molecular weight is 297 g/mol. The molecule has 0 bridgehead atoms. The lowest BCUT2D eigenvalue weighted by molar-refractivity contribution is -0.124. The minimum Gasteiger partial charge on any atom is -0.452 e. The van der Waals surface area contributed by atoms with Crippen molar-refractivity contribution in [3.63, 3.8) is 0 Å². The SMILES string of the molecule is CS(=O)(=O)c1ccccc1C(=O)OCC(=O)NC1CC1. The maximum Gasteiger partial charge on any atom is 0.339 e. The molecule has 0 heterocycles. The van der Waals surface area contributed by atoms with Crippen molar-refractivity contribution in [2.45, 2.75) is 23.8 Å². The van der Waals surface area contributed by atoms with Gasteiger partial charge < -0.3 is 10.1 Å². The smallest absolute Gasteiger partial charge is 0.339 e. The Hall–Kier alpha value is -1.89. The van der Waals surface area contributed by atoms with E-state index in [4.69, 9.17) is 4.74 Å². The Bertz CT molecular complexity index is 634. The van der Waals surface area contributed by atoms with Crippen LogP contribution < -0.4 is 5.32 Å². The van der Waals surface area contributed by atoms with Gasteiger partial charge in [0.15, 0.2) is 16.4 Å². The van der Waals surface area contributed by atoms with Crippen LogP contribution in [-0.4, -0.2) is 39.2 Å². The molecule has 1 aliphatic carbocycles. The normalized spacial score (nSPS) is 14.7. The Labute approximate surface area is 117 Å². The maximum absolute atomic E-state index is 11.9. The lowest BCUT2D eigenvalue weighted by atomic mass is 10.2. The first-order chi connectivity index (χ1) is 9.38. The molecule has 1 aromatic rings. The molecule has 108 valence electrons. The number of carbonyl (C=O) groups excluding carboxylic acids is 2. The van der Waals surface area contributed by atoms with Crippen LogP contribution in [0.25, 0.3) is 0 Å². The van der Waals surface area contributed by atoms with E-state index in [1.807, 2.05) is 0 Å². The van der Waals surface area contributed by atoms with Crippen molar-refractivity contribution in [3.8, 4) is 0 Å². The van der Waals surface area contributed by atoms with Crippen LogP contribution in [0.4, 0.5) is 0 Å². The number of ether oxygens (including phenoxy) is 1. The van der Waals surface area contributed by atoms with Crippen molar-refractivity contribution >= 4 is 21.7 Å². The highest BCUT2D eigenvalue weighted by Gasteiger charge is 2.24. The quantitative estimate of drug-likeness (QED) is 0.801. The van der Waals surface area contributed by atoms with E-state index in [0.29, 0.717) is 0 Å². The molecular weight excluding hydrogens is 282 g/mol. The molecule has 0 radical (unpaired) electrons. The molecular formula is C13H15NO5S. The lowest BCUT2D eigenvalue weighted by Crippen LogP contribution is -2.30. The fourth-order valence-corrected chi connectivity index (χ4v) is 2.54. The third-order valence-corrected chi connectivity index (χ3v) is 3.94. The summed E-state index contributed by atoms with van der Waals surface area (Å²) in [4.78, 5) is 23.2. The first-order valence-corrected chi connectivity index (χ1v) is 8.02. The summed E-state index contributed by atoms with van der Waals surface area (Å²) in [6.45, 7) is -0.409. The predicted molar refractivity (Wildman–Crippen MR) is 71.0 cm³/mol. The zero-order chi connectivity index (χ0) is 14.8. The second kappa shape index (κ2) is 5.62. The van der Waals surface area contributed by atoms with E-state index in [2.05, 4.69) is 5.32 Å². The molecule has 20 heavy (non-hydrogen) atoms. The van der Waals surface area contributed by atoms with Gasteiger partial charge in [0.2, 0.25) is 0 Å². The third-order valence-electron chi connectivity index (χ3n) is 2.78. The Morgan fingerprint density at radius 1 is 1.30 bits per heavy atom. The van der Waals surface area contributed by atoms with E-state index in [1.165, 1.54) is 24.3 Å². The van der Waals surface area contributed by atoms with Gasteiger partial charge in [0.25, 0.3) is 5.91 Å². The summed E-state index contributed by atoms with van der Waals surface area (Å²) in [7, 11) is -3.53. The molecule has 1 amide bonds. The van der Waals surface area contributed by atoms with Gasteiger partial charge in [-0.2, -0.15) is 0 Å². The molecule has 7 heteroatoms. The highest BCUT2D eigenvalue weighted by molar-refractivity contribution is 7.90. The van der Waals surface area contributed by atoms with Crippen molar-refractivity contribution in [3.05, 3.63) is 29.8 Å². The summed E-state index contributed by atoms with van der Waals surface area (Å²) in [5, 5.41) is 2.67. The molecule has 1 saturated carbocycles. The zero-order valence-electron chi connectivity index (χ0n) is 11.0. The highest BCUT2D eigenvalue weighted by atomic mass is 32.2. The fourth-order valence-electron chi connectivity index (χ4n) is 1.66. The van der Waals surface area contributed by atoms with E-state index < -0.39 is 22.4 Å². The van der Waals surface area contributed by atoms with Crippen molar-refractivity contribution in [2.24, 2.45) is 0 Å². The van der Waals surface area contributed by atoms with E-state index in [-0.39, 0.29) is 22.4 Å². The summed E-state index contributed by atoms with van der Waals surface area (Å²) in [6.07, 6.45) is 2.89. The van der Waals surface area contributed by atoms with E-state index in [0.717, 1.165) is 19.1 Å². The summed E-state index contributed by atoms with van der Waals surface area (Å²) in [5.74, 6) is -1.20. The van der Waals surface area contributed by atoms with Gasteiger partial charge in [-0.3, -0.25) is 4.79 Å². The van der Waals surface area contributed by atoms with Crippen LogP contribution in [0.2, 0.25) is 0 Å². The van der Waals surface area contributed by atoms with Crippen molar-refractivity contribution in [2.75, 3.05) is 12.9 Å². The van der Waals surface area contributed by atoms with Crippen LogP contribution in [0.5, 0.6) is 0 Å². The Morgan fingerprint density at radius 2 is 1.95 bits per heavy atom. The molecule has 1 aliphatic rings. The van der Waals surface area contributed by atoms with Gasteiger partial charge in [-0.1, -0.05) is 12.1 Å². The number of carbonyl (C=O) groups is 2. The standard InChI is InChI=1S/C13H15NO5S/c1-20(17,18)11-5-3-2-4-10(11)13(16)19-8-12(15)14-9-6-7-9/h2-5,9H,6-8H2,1H3,(H,14,15). The molecule has 0 saturated heterocycles. The van der Waals surface area contributed by atoms with Gasteiger partial charge in [0, 0.05) is 12.3 Å². The van der Waals surface area contributed by atoms with Crippen LogP contribution >= 0.6 is 0 Å². The highest BCUT2D eigenvalue weighted by Crippen LogP contribution is 2.18. The molecule has 6 nitrogen and oxygen atoms in total. The molecule has 1 fully saturated rings. The number of amides is 1. The zero-order valence-corrected chi connectivity index (χ0v) is 11.8. The van der Waals surface area contributed by atoms with Gasteiger partial charge >= 0.3 is 5.97 Å². The summed E-state index contributed by atoms with van der Waals surface area (Å²) >= 11 is 0. The average Bonchev–Trinajstić information content (AvgIpc) is 3.19. The summed E-state index contributed by atoms with van der Waals surface area (Å²) in [5.41, 5.74) is -0.0609. The Balaban J connectivity index is 2.03. The number of esters is 1.